The fraction of sp³-hybridized carbons (Fsp3) is 0.189. The largest absolute Gasteiger partial charge is 0.463 e. The number of benzene rings is 4. The van der Waals surface area contributed by atoms with Crippen molar-refractivity contribution in [3.05, 3.63) is 113 Å². The second kappa shape index (κ2) is 11.6. The number of aromatic nitrogens is 2. The van der Waals surface area contributed by atoms with Gasteiger partial charge in [0.25, 0.3) is 0 Å². The quantitative estimate of drug-likeness (QED) is 0.138. The maximum atomic E-state index is 13.7. The van der Waals surface area contributed by atoms with Gasteiger partial charge in [-0.3, -0.25) is 0 Å². The molecule has 2 aromatic heterocycles. The molecule has 4 aromatic carbocycles. The summed E-state index contributed by atoms with van der Waals surface area (Å²) in [5.74, 6) is -0.760. The number of ether oxygens (including phenoxy) is 2. The Morgan fingerprint density at radius 1 is 0.721 bits per heavy atom. The standard InChI is InChI=1S/C37H34N2O4/c1-5-42-33(40)21-20-31-34(25-16-10-12-18-29(25)38(31)3)36-27(22-24-14-8-7-9-15-24)28(37(41)43-6-2)23-32-35(36)26-17-11-13-19-30(26)39(32)4/h7-21,23H,5-6,22H2,1-4H3/b21-20+. The number of rotatable bonds is 8. The molecule has 0 amide bonds. The normalized spacial score (nSPS) is 11.6. The fourth-order valence-electron chi connectivity index (χ4n) is 6.21. The predicted octanol–water partition coefficient (Wildman–Crippen LogP) is 7.83. The third kappa shape index (κ3) is 4.89. The van der Waals surface area contributed by atoms with Gasteiger partial charge in [-0.1, -0.05) is 66.7 Å². The van der Waals surface area contributed by atoms with Gasteiger partial charge in [0.15, 0.2) is 0 Å². The van der Waals surface area contributed by atoms with Gasteiger partial charge in [0.1, 0.15) is 0 Å². The number of nitrogens with zero attached hydrogens (tertiary/aromatic N) is 2. The van der Waals surface area contributed by atoms with Gasteiger partial charge in [0.2, 0.25) is 0 Å². The van der Waals surface area contributed by atoms with Crippen LogP contribution in [0.2, 0.25) is 0 Å². The van der Waals surface area contributed by atoms with Crippen LogP contribution in [0.3, 0.4) is 0 Å². The molecular weight excluding hydrogens is 536 g/mol. The molecule has 0 saturated carbocycles. The van der Waals surface area contributed by atoms with Gasteiger partial charge in [0.05, 0.1) is 24.3 Å². The molecule has 6 heteroatoms. The van der Waals surface area contributed by atoms with E-state index in [0.29, 0.717) is 18.6 Å². The lowest BCUT2D eigenvalue weighted by Crippen LogP contribution is -2.11. The molecular formula is C37H34N2O4. The van der Waals surface area contributed by atoms with Crippen LogP contribution < -0.4 is 0 Å². The molecule has 0 aliphatic heterocycles. The molecule has 6 rings (SSSR count). The Balaban J connectivity index is 1.82. The molecule has 0 unspecified atom stereocenters. The molecule has 43 heavy (non-hydrogen) atoms. The van der Waals surface area contributed by atoms with E-state index < -0.39 is 5.97 Å². The Morgan fingerprint density at radius 3 is 2.05 bits per heavy atom. The van der Waals surface area contributed by atoms with E-state index in [1.54, 1.807) is 6.92 Å². The monoisotopic (exact) mass is 570 g/mol. The van der Waals surface area contributed by atoms with E-state index >= 15 is 0 Å². The first kappa shape index (κ1) is 28.0. The summed E-state index contributed by atoms with van der Waals surface area (Å²) < 4.78 is 15.1. The molecule has 0 atom stereocenters. The lowest BCUT2D eigenvalue weighted by molar-refractivity contribution is -0.137. The van der Waals surface area contributed by atoms with Gasteiger partial charge in [-0.2, -0.15) is 0 Å². The summed E-state index contributed by atoms with van der Waals surface area (Å²) in [6.45, 7) is 4.19. The molecule has 0 N–H and O–H groups in total. The number of hydrogen-bond donors (Lipinski definition) is 0. The van der Waals surface area contributed by atoms with E-state index in [2.05, 4.69) is 45.5 Å². The first-order chi connectivity index (χ1) is 20.9. The van der Waals surface area contributed by atoms with Crippen LogP contribution in [0.25, 0.3) is 49.9 Å². The van der Waals surface area contributed by atoms with Crippen molar-refractivity contribution < 1.29 is 19.1 Å². The topological polar surface area (TPSA) is 62.5 Å². The zero-order chi connectivity index (χ0) is 30.1. The molecule has 6 aromatic rings. The number of esters is 2. The minimum absolute atomic E-state index is 0.272. The second-order valence-electron chi connectivity index (χ2n) is 10.6. The van der Waals surface area contributed by atoms with Crippen LogP contribution >= 0.6 is 0 Å². The Labute approximate surface area is 250 Å². The smallest absolute Gasteiger partial charge is 0.338 e. The Hall–Kier alpha value is -5.10. The van der Waals surface area contributed by atoms with E-state index in [0.717, 1.165) is 60.7 Å². The van der Waals surface area contributed by atoms with Crippen LogP contribution in [0, 0.1) is 0 Å². The molecule has 0 saturated heterocycles. The summed E-state index contributed by atoms with van der Waals surface area (Å²) in [5.41, 5.74) is 8.28. The van der Waals surface area contributed by atoms with E-state index in [4.69, 9.17) is 9.47 Å². The maximum absolute atomic E-state index is 13.7. The zero-order valence-electron chi connectivity index (χ0n) is 24.9. The lowest BCUT2D eigenvalue weighted by atomic mass is 9.86. The second-order valence-corrected chi connectivity index (χ2v) is 10.6. The van der Waals surface area contributed by atoms with E-state index in [-0.39, 0.29) is 12.6 Å². The number of aryl methyl sites for hydroxylation is 2. The van der Waals surface area contributed by atoms with Crippen LogP contribution in [0.1, 0.15) is 41.0 Å². The molecule has 0 spiro atoms. The van der Waals surface area contributed by atoms with Crippen molar-refractivity contribution in [2.75, 3.05) is 13.2 Å². The van der Waals surface area contributed by atoms with Crippen LogP contribution in [0.15, 0.2) is 91.0 Å². The van der Waals surface area contributed by atoms with Gasteiger partial charge in [-0.25, -0.2) is 9.59 Å². The Kier molecular flexibility index (Phi) is 7.59. The third-order valence-electron chi connectivity index (χ3n) is 8.10. The van der Waals surface area contributed by atoms with Crippen molar-refractivity contribution in [1.29, 1.82) is 0 Å². The highest BCUT2D eigenvalue weighted by atomic mass is 16.5. The van der Waals surface area contributed by atoms with E-state index in [9.17, 15) is 9.59 Å². The van der Waals surface area contributed by atoms with Gasteiger partial charge >= 0.3 is 11.9 Å². The van der Waals surface area contributed by atoms with Crippen LogP contribution in [-0.2, 0) is 34.8 Å². The summed E-state index contributed by atoms with van der Waals surface area (Å²) in [6, 6.07) is 28.7. The first-order valence-corrected chi connectivity index (χ1v) is 14.6. The highest BCUT2D eigenvalue weighted by molar-refractivity contribution is 6.21. The number of carbonyl (C=O) groups is 2. The number of carbonyl (C=O) groups excluding carboxylic acids is 2. The molecule has 0 bridgehead atoms. The molecule has 0 fully saturated rings. The van der Waals surface area contributed by atoms with E-state index in [1.165, 1.54) is 6.08 Å². The summed E-state index contributed by atoms with van der Waals surface area (Å²) >= 11 is 0. The summed E-state index contributed by atoms with van der Waals surface area (Å²) in [4.78, 5) is 26.3. The van der Waals surface area contributed by atoms with Crippen molar-refractivity contribution in [2.24, 2.45) is 14.1 Å². The molecule has 0 radical (unpaired) electrons. The highest BCUT2D eigenvalue weighted by Gasteiger charge is 2.28. The van der Waals surface area contributed by atoms with Gasteiger partial charge < -0.3 is 18.6 Å². The Bertz CT molecular complexity index is 2030. The van der Waals surface area contributed by atoms with Crippen molar-refractivity contribution in [3.63, 3.8) is 0 Å². The van der Waals surface area contributed by atoms with Crippen molar-refractivity contribution in [2.45, 2.75) is 20.3 Å². The Morgan fingerprint density at radius 2 is 1.35 bits per heavy atom. The number of fused-ring (bicyclic) bond motifs is 4. The van der Waals surface area contributed by atoms with Gasteiger partial charge in [-0.15, -0.1) is 0 Å². The van der Waals surface area contributed by atoms with E-state index in [1.807, 2.05) is 75.6 Å². The molecule has 0 aliphatic rings. The van der Waals surface area contributed by atoms with Crippen molar-refractivity contribution in [1.82, 2.24) is 9.13 Å². The van der Waals surface area contributed by atoms with Crippen molar-refractivity contribution >= 4 is 50.7 Å². The SMILES string of the molecule is CCOC(=O)/C=C/c1c(-c2c(Cc3ccccc3)c(C(=O)OCC)cc3c2c2ccccc2n3C)c2ccccc2n1C. The van der Waals surface area contributed by atoms with Gasteiger partial charge in [-0.05, 0) is 61.2 Å². The minimum atomic E-state index is -0.404. The van der Waals surface area contributed by atoms with Gasteiger partial charge in [0, 0.05) is 58.6 Å². The molecule has 6 nitrogen and oxygen atoms in total. The molecule has 2 heterocycles. The predicted molar refractivity (Wildman–Crippen MR) is 173 cm³/mol. The summed E-state index contributed by atoms with van der Waals surface area (Å²) in [6.07, 6.45) is 3.83. The summed E-state index contributed by atoms with van der Waals surface area (Å²) in [5, 5.41) is 3.17. The summed E-state index contributed by atoms with van der Waals surface area (Å²) in [7, 11) is 4.04. The number of hydrogen-bond acceptors (Lipinski definition) is 4. The lowest BCUT2D eigenvalue weighted by Gasteiger charge is -2.18. The average molecular weight is 571 g/mol. The minimum Gasteiger partial charge on any atom is -0.463 e. The average Bonchev–Trinajstić information content (AvgIpc) is 3.47. The van der Waals surface area contributed by atoms with Crippen LogP contribution in [0.5, 0.6) is 0 Å². The highest BCUT2D eigenvalue weighted by Crippen LogP contribution is 2.46. The van der Waals surface area contributed by atoms with Crippen LogP contribution in [0.4, 0.5) is 0 Å². The van der Waals surface area contributed by atoms with Crippen molar-refractivity contribution in [3.8, 4) is 11.1 Å². The maximum Gasteiger partial charge on any atom is 0.338 e. The fourth-order valence-corrected chi connectivity index (χ4v) is 6.21. The molecule has 216 valence electrons. The first-order valence-electron chi connectivity index (χ1n) is 14.6. The van der Waals surface area contributed by atoms with Crippen LogP contribution in [-0.4, -0.2) is 34.3 Å². The molecule has 0 aliphatic carbocycles. The third-order valence-corrected chi connectivity index (χ3v) is 8.10. The zero-order valence-corrected chi connectivity index (χ0v) is 24.9. The number of para-hydroxylation sites is 2.